The van der Waals surface area contributed by atoms with Gasteiger partial charge in [0, 0.05) is 17.3 Å². The Balaban J connectivity index is 1.86. The largest absolute Gasteiger partial charge is 0.463 e. The number of pyridine rings is 1. The van der Waals surface area contributed by atoms with Gasteiger partial charge in [0.15, 0.2) is 0 Å². The highest BCUT2D eigenvalue weighted by Gasteiger charge is 2.31. The molecule has 25 heavy (non-hydrogen) atoms. The molecule has 0 aliphatic carbocycles. The fourth-order valence-corrected chi connectivity index (χ4v) is 2.56. The van der Waals surface area contributed by atoms with E-state index in [0.717, 1.165) is 12.1 Å². The van der Waals surface area contributed by atoms with E-state index in [4.69, 9.17) is 4.42 Å². The number of rotatable bonds is 4. The van der Waals surface area contributed by atoms with Crippen LogP contribution in [0.2, 0.25) is 0 Å². The third-order valence-corrected chi connectivity index (χ3v) is 3.96. The van der Waals surface area contributed by atoms with Crippen LogP contribution in [0.25, 0.3) is 10.9 Å². The number of nitrogens with zero attached hydrogens (tertiary/aromatic N) is 1. The summed E-state index contributed by atoms with van der Waals surface area (Å²) >= 11 is 0. The molecule has 7 heteroatoms. The van der Waals surface area contributed by atoms with E-state index in [9.17, 15) is 18.3 Å². The zero-order valence-electron chi connectivity index (χ0n) is 13.7. The molecular formula is C18H17F3N2O2. The second-order valence-electron chi connectivity index (χ2n) is 6.13. The van der Waals surface area contributed by atoms with Gasteiger partial charge in [-0.25, -0.2) is 0 Å². The van der Waals surface area contributed by atoms with Crippen molar-refractivity contribution in [3.8, 4) is 0 Å². The third kappa shape index (κ3) is 3.61. The molecule has 3 rings (SSSR count). The fourth-order valence-electron chi connectivity index (χ4n) is 2.56. The molecule has 1 aromatic carbocycles. The number of hydrogen-bond acceptors (Lipinski definition) is 4. The van der Waals surface area contributed by atoms with E-state index >= 15 is 0 Å². The average Bonchev–Trinajstić information content (AvgIpc) is 2.99. The fraction of sp³-hybridized carbons (Fsp3) is 0.278. The molecule has 2 N–H and O–H groups in total. The van der Waals surface area contributed by atoms with Crippen LogP contribution in [0.1, 0.15) is 24.0 Å². The Hall–Kier alpha value is -2.54. The summed E-state index contributed by atoms with van der Waals surface area (Å²) in [6.07, 6.45) is -2.99. The molecule has 0 saturated carbocycles. The maximum atomic E-state index is 12.8. The molecule has 0 spiro atoms. The lowest BCUT2D eigenvalue weighted by molar-refractivity contribution is -0.137. The maximum absolute atomic E-state index is 12.8. The summed E-state index contributed by atoms with van der Waals surface area (Å²) in [5.74, 6) is 1.10. The molecule has 0 amide bonds. The van der Waals surface area contributed by atoms with Gasteiger partial charge in [0.05, 0.1) is 17.6 Å². The van der Waals surface area contributed by atoms with Crippen LogP contribution in [0.4, 0.5) is 18.9 Å². The second-order valence-corrected chi connectivity index (χ2v) is 6.13. The van der Waals surface area contributed by atoms with E-state index in [1.165, 1.54) is 12.3 Å². The number of anilines is 1. The summed E-state index contributed by atoms with van der Waals surface area (Å²) < 4.78 is 43.9. The van der Waals surface area contributed by atoms with Gasteiger partial charge in [-0.2, -0.15) is 13.2 Å². The van der Waals surface area contributed by atoms with Gasteiger partial charge >= 0.3 is 6.18 Å². The minimum atomic E-state index is -4.42. The molecule has 3 aromatic rings. The highest BCUT2D eigenvalue weighted by Crippen LogP contribution is 2.33. The smallest absolute Gasteiger partial charge is 0.416 e. The summed E-state index contributed by atoms with van der Waals surface area (Å²) in [5, 5.41) is 14.2. The van der Waals surface area contributed by atoms with E-state index in [0.29, 0.717) is 22.6 Å². The van der Waals surface area contributed by atoms with Crippen LogP contribution in [0, 0.1) is 6.92 Å². The Kier molecular flexibility index (Phi) is 4.20. The Morgan fingerprint density at radius 2 is 1.92 bits per heavy atom. The van der Waals surface area contributed by atoms with Crippen LogP contribution in [-0.4, -0.2) is 16.6 Å². The van der Waals surface area contributed by atoms with Crippen molar-refractivity contribution < 1.29 is 22.7 Å². The van der Waals surface area contributed by atoms with E-state index in [2.05, 4.69) is 10.3 Å². The van der Waals surface area contributed by atoms with Crippen molar-refractivity contribution >= 4 is 16.6 Å². The molecule has 1 unspecified atom stereocenters. The zero-order chi connectivity index (χ0) is 18.2. The van der Waals surface area contributed by atoms with Crippen LogP contribution in [0.5, 0.6) is 0 Å². The molecule has 132 valence electrons. The van der Waals surface area contributed by atoms with Crippen LogP contribution in [0.3, 0.4) is 0 Å². The first kappa shape index (κ1) is 17.3. The third-order valence-electron chi connectivity index (χ3n) is 3.96. The number of halogens is 3. The highest BCUT2D eigenvalue weighted by molar-refractivity contribution is 5.91. The summed E-state index contributed by atoms with van der Waals surface area (Å²) in [5.41, 5.74) is -1.20. The lowest BCUT2D eigenvalue weighted by atomic mass is 10.0. The van der Waals surface area contributed by atoms with Gasteiger partial charge in [-0.1, -0.05) is 6.07 Å². The number of alkyl halides is 3. The Morgan fingerprint density at radius 1 is 1.16 bits per heavy atom. The Morgan fingerprint density at radius 3 is 2.56 bits per heavy atom. The predicted octanol–water partition coefficient (Wildman–Crippen LogP) is 4.47. The van der Waals surface area contributed by atoms with Gasteiger partial charge in [-0.15, -0.1) is 0 Å². The predicted molar refractivity (Wildman–Crippen MR) is 88.3 cm³/mol. The number of furan rings is 1. The molecule has 0 aliphatic rings. The van der Waals surface area contributed by atoms with Crippen molar-refractivity contribution in [2.45, 2.75) is 25.6 Å². The van der Waals surface area contributed by atoms with Gasteiger partial charge < -0.3 is 14.8 Å². The molecule has 1 atom stereocenters. The monoisotopic (exact) mass is 350 g/mol. The van der Waals surface area contributed by atoms with E-state index in [1.54, 1.807) is 32.0 Å². The van der Waals surface area contributed by atoms with E-state index in [1.807, 2.05) is 0 Å². The van der Waals surface area contributed by atoms with E-state index < -0.39 is 17.3 Å². The topological polar surface area (TPSA) is 58.3 Å². The maximum Gasteiger partial charge on any atom is 0.416 e. The number of hydrogen-bond donors (Lipinski definition) is 2. The van der Waals surface area contributed by atoms with Gasteiger partial charge in [0.2, 0.25) is 0 Å². The van der Waals surface area contributed by atoms with Crippen molar-refractivity contribution in [3.63, 3.8) is 0 Å². The molecule has 2 heterocycles. The van der Waals surface area contributed by atoms with Crippen molar-refractivity contribution in [2.75, 3.05) is 11.9 Å². The summed E-state index contributed by atoms with van der Waals surface area (Å²) in [4.78, 5) is 4.00. The molecular weight excluding hydrogens is 333 g/mol. The van der Waals surface area contributed by atoms with Crippen LogP contribution in [0.15, 0.2) is 47.0 Å². The Labute approximate surface area is 142 Å². The zero-order valence-corrected chi connectivity index (χ0v) is 13.7. The van der Waals surface area contributed by atoms with Crippen LogP contribution in [-0.2, 0) is 11.8 Å². The summed E-state index contributed by atoms with van der Waals surface area (Å²) in [6.45, 7) is 3.51. The van der Waals surface area contributed by atoms with E-state index in [-0.39, 0.29) is 12.1 Å². The number of nitrogens with one attached hydrogen (secondary N) is 1. The van der Waals surface area contributed by atoms with Crippen molar-refractivity contribution in [3.05, 3.63) is 59.7 Å². The average molecular weight is 350 g/mol. The molecule has 0 saturated heterocycles. The van der Waals surface area contributed by atoms with Gasteiger partial charge in [0.1, 0.15) is 17.1 Å². The Bertz CT molecular complexity index is 901. The molecule has 0 bridgehead atoms. The highest BCUT2D eigenvalue weighted by atomic mass is 19.4. The number of aliphatic hydroxyl groups is 1. The van der Waals surface area contributed by atoms with Gasteiger partial charge in [0.25, 0.3) is 0 Å². The summed E-state index contributed by atoms with van der Waals surface area (Å²) in [6, 6.07) is 8.50. The standard InChI is InChI=1S/C18H17F3N2O2/c1-11-3-6-16(25-11)17(2,24)10-23-14-7-8-22-15-9-12(18(19,20)21)4-5-13(14)15/h3-9,24H,10H2,1-2H3,(H,22,23). The minimum Gasteiger partial charge on any atom is -0.463 e. The quantitative estimate of drug-likeness (QED) is 0.729. The first-order valence-electron chi connectivity index (χ1n) is 7.66. The number of benzene rings is 1. The molecule has 0 radical (unpaired) electrons. The first-order valence-corrected chi connectivity index (χ1v) is 7.66. The van der Waals surface area contributed by atoms with Crippen molar-refractivity contribution in [1.82, 2.24) is 4.98 Å². The SMILES string of the molecule is Cc1ccc(C(C)(O)CNc2ccnc3cc(C(F)(F)F)ccc23)o1. The van der Waals surface area contributed by atoms with Gasteiger partial charge in [-0.05, 0) is 44.2 Å². The normalized spacial score (nSPS) is 14.5. The van der Waals surface area contributed by atoms with Crippen LogP contribution < -0.4 is 5.32 Å². The molecule has 4 nitrogen and oxygen atoms in total. The lowest BCUT2D eigenvalue weighted by Crippen LogP contribution is -2.30. The number of fused-ring (bicyclic) bond motifs is 1. The molecule has 0 fully saturated rings. The molecule has 0 aliphatic heterocycles. The second kappa shape index (κ2) is 6.07. The summed E-state index contributed by atoms with van der Waals surface area (Å²) in [7, 11) is 0. The lowest BCUT2D eigenvalue weighted by Gasteiger charge is -2.22. The van der Waals surface area contributed by atoms with Crippen molar-refractivity contribution in [2.24, 2.45) is 0 Å². The number of aryl methyl sites for hydroxylation is 1. The number of aromatic nitrogens is 1. The minimum absolute atomic E-state index is 0.125. The molecule has 2 aromatic heterocycles. The first-order chi connectivity index (χ1) is 11.7. The van der Waals surface area contributed by atoms with Gasteiger partial charge in [-0.3, -0.25) is 4.98 Å². The van der Waals surface area contributed by atoms with Crippen molar-refractivity contribution in [1.29, 1.82) is 0 Å². The van der Waals surface area contributed by atoms with Crippen LogP contribution >= 0.6 is 0 Å².